The third-order valence-corrected chi connectivity index (χ3v) is 5.48. The molecule has 1 aromatic heterocycles. The topological polar surface area (TPSA) is 59.2 Å². The Hall–Kier alpha value is -2.83. The zero-order chi connectivity index (χ0) is 21.6. The predicted octanol–water partition coefficient (Wildman–Crippen LogP) is 5.90. The maximum Gasteiger partial charge on any atom is 0.175 e. The van der Waals surface area contributed by atoms with Crippen LogP contribution in [0.1, 0.15) is 29.4 Å². The van der Waals surface area contributed by atoms with E-state index in [0.717, 1.165) is 44.0 Å². The van der Waals surface area contributed by atoms with Crippen molar-refractivity contribution in [3.05, 3.63) is 87.7 Å². The van der Waals surface area contributed by atoms with Gasteiger partial charge in [-0.2, -0.15) is 0 Å². The molecule has 0 radical (unpaired) electrons. The van der Waals surface area contributed by atoms with Gasteiger partial charge in [-0.05, 0) is 65.2 Å². The van der Waals surface area contributed by atoms with Gasteiger partial charge in [-0.15, -0.1) is 0 Å². The Morgan fingerprint density at radius 2 is 1.84 bits per heavy atom. The smallest absolute Gasteiger partial charge is 0.175 e. The molecule has 1 heterocycles. The molecule has 5 nitrogen and oxygen atoms in total. The molecular formula is C25H26BrN3O2. The first-order valence-electron chi connectivity index (χ1n) is 10.4. The first-order chi connectivity index (χ1) is 15.1. The molecule has 0 aliphatic heterocycles. The van der Waals surface area contributed by atoms with Crippen LogP contribution in [0.3, 0.4) is 0 Å². The monoisotopic (exact) mass is 479 g/mol. The van der Waals surface area contributed by atoms with Crippen LogP contribution in [-0.4, -0.2) is 16.6 Å². The molecule has 4 rings (SSSR count). The fraction of sp³-hybridized carbons (Fsp3) is 0.240. The van der Waals surface area contributed by atoms with E-state index in [-0.39, 0.29) is 0 Å². The predicted molar refractivity (Wildman–Crippen MR) is 127 cm³/mol. The highest BCUT2D eigenvalue weighted by Crippen LogP contribution is 2.37. The standard InChI is InChI=1S/C25H26BrN3O2/c1-3-30-23-13-19(14-27-15-24-28-21-9-4-5-10-22(21)29-24)12-20(26)25(23)31-16-18-8-6-7-17(2)11-18/h4-13,27H,3,14-16H2,1-2H3,(H,28,29). The van der Waals surface area contributed by atoms with Crippen molar-refractivity contribution in [2.75, 3.05) is 6.61 Å². The van der Waals surface area contributed by atoms with E-state index in [1.807, 2.05) is 43.3 Å². The van der Waals surface area contributed by atoms with E-state index < -0.39 is 0 Å². The first kappa shape index (κ1) is 21.4. The van der Waals surface area contributed by atoms with Crippen LogP contribution in [0.25, 0.3) is 11.0 Å². The average molecular weight is 480 g/mol. The Bertz CT molecular complexity index is 1140. The second-order valence-electron chi connectivity index (χ2n) is 7.42. The quantitative estimate of drug-likeness (QED) is 0.313. The molecule has 0 atom stereocenters. The summed E-state index contributed by atoms with van der Waals surface area (Å²) in [5.74, 6) is 2.39. The number of nitrogens with one attached hydrogen (secondary N) is 2. The number of rotatable bonds is 9. The first-order valence-corrected chi connectivity index (χ1v) is 11.2. The summed E-state index contributed by atoms with van der Waals surface area (Å²) in [4.78, 5) is 7.95. The lowest BCUT2D eigenvalue weighted by Gasteiger charge is -2.16. The van der Waals surface area contributed by atoms with E-state index in [2.05, 4.69) is 62.4 Å². The minimum atomic E-state index is 0.490. The number of nitrogens with zero attached hydrogens (tertiary/aromatic N) is 1. The number of aromatic nitrogens is 2. The molecule has 6 heteroatoms. The van der Waals surface area contributed by atoms with E-state index in [9.17, 15) is 0 Å². The maximum atomic E-state index is 6.12. The van der Waals surface area contributed by atoms with Crippen molar-refractivity contribution in [2.24, 2.45) is 0 Å². The molecular weight excluding hydrogens is 454 g/mol. The summed E-state index contributed by atoms with van der Waals surface area (Å²) >= 11 is 3.66. The van der Waals surface area contributed by atoms with Gasteiger partial charge in [-0.1, -0.05) is 42.0 Å². The van der Waals surface area contributed by atoms with Gasteiger partial charge in [-0.25, -0.2) is 4.98 Å². The summed E-state index contributed by atoms with van der Waals surface area (Å²) in [6, 6.07) is 20.5. The molecule has 31 heavy (non-hydrogen) atoms. The highest BCUT2D eigenvalue weighted by Gasteiger charge is 2.13. The number of fused-ring (bicyclic) bond motifs is 1. The molecule has 0 aliphatic carbocycles. The average Bonchev–Trinajstić information content (AvgIpc) is 3.16. The number of benzene rings is 3. The number of hydrogen-bond acceptors (Lipinski definition) is 4. The summed E-state index contributed by atoms with van der Waals surface area (Å²) in [5.41, 5.74) is 5.49. The van der Waals surface area contributed by atoms with E-state index in [4.69, 9.17) is 9.47 Å². The van der Waals surface area contributed by atoms with Gasteiger partial charge in [0.15, 0.2) is 11.5 Å². The van der Waals surface area contributed by atoms with Crippen LogP contribution in [-0.2, 0) is 19.7 Å². The summed E-state index contributed by atoms with van der Waals surface area (Å²) in [7, 11) is 0. The van der Waals surface area contributed by atoms with Crippen LogP contribution in [0.15, 0.2) is 65.1 Å². The lowest BCUT2D eigenvalue weighted by molar-refractivity contribution is 0.267. The zero-order valence-electron chi connectivity index (χ0n) is 17.7. The van der Waals surface area contributed by atoms with E-state index in [1.54, 1.807) is 0 Å². The molecule has 4 aromatic rings. The van der Waals surface area contributed by atoms with Gasteiger partial charge in [0, 0.05) is 6.54 Å². The SMILES string of the molecule is CCOc1cc(CNCc2nc3ccccc3[nH]2)cc(Br)c1OCc1cccc(C)c1. The van der Waals surface area contributed by atoms with Gasteiger partial charge >= 0.3 is 0 Å². The Morgan fingerprint density at radius 1 is 0.968 bits per heavy atom. The van der Waals surface area contributed by atoms with Crippen molar-refractivity contribution in [3.8, 4) is 11.5 Å². The number of aromatic amines is 1. The number of aryl methyl sites for hydroxylation is 1. The van der Waals surface area contributed by atoms with Crippen molar-refractivity contribution in [1.29, 1.82) is 0 Å². The van der Waals surface area contributed by atoms with Gasteiger partial charge in [0.25, 0.3) is 0 Å². The van der Waals surface area contributed by atoms with Gasteiger partial charge in [-0.3, -0.25) is 0 Å². The molecule has 0 saturated carbocycles. The third kappa shape index (κ3) is 5.46. The minimum absolute atomic E-state index is 0.490. The van der Waals surface area contributed by atoms with Crippen molar-refractivity contribution in [2.45, 2.75) is 33.5 Å². The fourth-order valence-electron chi connectivity index (χ4n) is 3.50. The zero-order valence-corrected chi connectivity index (χ0v) is 19.3. The highest BCUT2D eigenvalue weighted by molar-refractivity contribution is 9.10. The molecule has 0 fully saturated rings. The molecule has 0 saturated heterocycles. The largest absolute Gasteiger partial charge is 0.490 e. The maximum absolute atomic E-state index is 6.12. The molecule has 2 N–H and O–H groups in total. The van der Waals surface area contributed by atoms with Crippen LogP contribution >= 0.6 is 15.9 Å². The second kappa shape index (κ2) is 9.98. The molecule has 0 spiro atoms. The van der Waals surface area contributed by atoms with Crippen molar-refractivity contribution >= 4 is 27.0 Å². The van der Waals surface area contributed by atoms with Crippen molar-refractivity contribution < 1.29 is 9.47 Å². The van der Waals surface area contributed by atoms with E-state index in [1.165, 1.54) is 5.56 Å². The van der Waals surface area contributed by atoms with Gasteiger partial charge in [0.1, 0.15) is 12.4 Å². The summed E-state index contributed by atoms with van der Waals surface area (Å²) < 4.78 is 12.9. The van der Waals surface area contributed by atoms with Crippen LogP contribution in [0.2, 0.25) is 0 Å². The second-order valence-corrected chi connectivity index (χ2v) is 8.27. The molecule has 3 aromatic carbocycles. The number of H-pyrrole nitrogens is 1. The number of imidazole rings is 1. The molecule has 0 amide bonds. The van der Waals surface area contributed by atoms with Gasteiger partial charge < -0.3 is 19.8 Å². The third-order valence-electron chi connectivity index (χ3n) is 4.89. The van der Waals surface area contributed by atoms with Crippen LogP contribution in [0.5, 0.6) is 11.5 Å². The molecule has 0 aliphatic rings. The van der Waals surface area contributed by atoms with E-state index >= 15 is 0 Å². The Balaban J connectivity index is 1.43. The minimum Gasteiger partial charge on any atom is -0.490 e. The number of ether oxygens (including phenoxy) is 2. The lowest BCUT2D eigenvalue weighted by atomic mass is 10.1. The van der Waals surface area contributed by atoms with Crippen LogP contribution in [0.4, 0.5) is 0 Å². The Labute approximate surface area is 190 Å². The Morgan fingerprint density at radius 3 is 2.65 bits per heavy atom. The fourth-order valence-corrected chi connectivity index (χ4v) is 4.10. The van der Waals surface area contributed by atoms with Gasteiger partial charge in [0.05, 0.1) is 28.7 Å². The normalized spacial score (nSPS) is 11.1. The van der Waals surface area contributed by atoms with Crippen molar-refractivity contribution in [1.82, 2.24) is 15.3 Å². The summed E-state index contributed by atoms with van der Waals surface area (Å²) in [5, 5.41) is 3.45. The highest BCUT2D eigenvalue weighted by atomic mass is 79.9. The van der Waals surface area contributed by atoms with Crippen molar-refractivity contribution in [3.63, 3.8) is 0 Å². The van der Waals surface area contributed by atoms with Crippen LogP contribution < -0.4 is 14.8 Å². The number of para-hydroxylation sites is 2. The summed E-state index contributed by atoms with van der Waals surface area (Å²) in [6.07, 6.45) is 0. The Kier molecular flexibility index (Phi) is 6.89. The summed E-state index contributed by atoms with van der Waals surface area (Å²) in [6.45, 7) is 6.46. The molecule has 0 unspecified atom stereocenters. The molecule has 0 bridgehead atoms. The van der Waals surface area contributed by atoms with E-state index in [0.29, 0.717) is 26.3 Å². The lowest BCUT2D eigenvalue weighted by Crippen LogP contribution is -2.14. The van der Waals surface area contributed by atoms with Gasteiger partial charge in [0.2, 0.25) is 0 Å². The van der Waals surface area contributed by atoms with Crippen LogP contribution in [0, 0.1) is 6.92 Å². The number of hydrogen-bond donors (Lipinski definition) is 2. The molecule has 160 valence electrons. The number of halogens is 1.